The molecule has 2 aromatic carbocycles. The van der Waals surface area contributed by atoms with E-state index >= 15 is 0 Å². The van der Waals surface area contributed by atoms with Crippen LogP contribution in [-0.4, -0.2) is 55.2 Å². The summed E-state index contributed by atoms with van der Waals surface area (Å²) in [5.74, 6) is -0.131. The first kappa shape index (κ1) is 24.3. The van der Waals surface area contributed by atoms with Gasteiger partial charge in [-0.1, -0.05) is 12.1 Å². The Kier molecular flexibility index (Phi) is 8.11. The van der Waals surface area contributed by atoms with Gasteiger partial charge in [-0.2, -0.15) is 0 Å². The lowest BCUT2D eigenvalue weighted by molar-refractivity contribution is -0.140. The number of ether oxygens (including phenoxy) is 3. The highest BCUT2D eigenvalue weighted by molar-refractivity contribution is 6.46. The Morgan fingerprint density at radius 1 is 1.03 bits per heavy atom. The molecule has 0 bridgehead atoms. The molecule has 0 aliphatic carbocycles. The van der Waals surface area contributed by atoms with Gasteiger partial charge in [-0.25, -0.2) is 0 Å². The van der Waals surface area contributed by atoms with E-state index in [1.165, 1.54) is 4.90 Å². The zero-order chi connectivity index (χ0) is 24.0. The molecule has 0 spiro atoms. The number of Topliss-reactive ketones (excluding diaryl/α,β-unsaturated/α-hetero) is 1. The van der Waals surface area contributed by atoms with Crippen LogP contribution in [-0.2, 0) is 14.3 Å². The quantitative estimate of drug-likeness (QED) is 0.251. The molecule has 7 heteroatoms. The molecule has 2 aromatic rings. The van der Waals surface area contributed by atoms with Crippen LogP contribution in [0.3, 0.4) is 0 Å². The first-order valence-corrected chi connectivity index (χ1v) is 11.2. The van der Waals surface area contributed by atoms with Crippen molar-refractivity contribution in [1.29, 1.82) is 0 Å². The van der Waals surface area contributed by atoms with Crippen molar-refractivity contribution in [3.05, 3.63) is 64.7 Å². The number of rotatable bonds is 10. The maximum Gasteiger partial charge on any atom is 0.295 e. The van der Waals surface area contributed by atoms with E-state index in [2.05, 4.69) is 0 Å². The van der Waals surface area contributed by atoms with Crippen molar-refractivity contribution in [3.8, 4) is 11.5 Å². The standard InChI is InChI=1S/C26H31NO6/c1-5-32-20-11-8-18(9-12-20)23-22(25(29)26(30)27(23)14-7-15-31-4)24(28)19-10-13-21(33-6-2)17(3)16-19/h8-13,16,23,28H,5-7,14-15H2,1-4H3/b24-22-. The molecule has 3 rings (SSSR count). The number of aliphatic hydroxyl groups excluding tert-OH is 1. The molecule has 1 fully saturated rings. The predicted molar refractivity (Wildman–Crippen MR) is 125 cm³/mol. The number of carbonyl (C=O) groups is 2. The number of hydrogen-bond donors (Lipinski definition) is 1. The van der Waals surface area contributed by atoms with Crippen molar-refractivity contribution < 1.29 is 28.9 Å². The van der Waals surface area contributed by atoms with Crippen molar-refractivity contribution in [2.24, 2.45) is 0 Å². The first-order valence-electron chi connectivity index (χ1n) is 11.2. The Morgan fingerprint density at radius 3 is 2.33 bits per heavy atom. The summed E-state index contributed by atoms with van der Waals surface area (Å²) in [6.07, 6.45) is 0.569. The van der Waals surface area contributed by atoms with Crippen molar-refractivity contribution in [2.45, 2.75) is 33.2 Å². The lowest BCUT2D eigenvalue weighted by Crippen LogP contribution is -2.31. The van der Waals surface area contributed by atoms with Crippen molar-refractivity contribution in [1.82, 2.24) is 4.90 Å². The highest BCUT2D eigenvalue weighted by atomic mass is 16.5. The van der Waals surface area contributed by atoms with Gasteiger partial charge in [0.1, 0.15) is 17.3 Å². The van der Waals surface area contributed by atoms with Crippen LogP contribution in [0.1, 0.15) is 43.0 Å². The van der Waals surface area contributed by atoms with Crippen LogP contribution in [0, 0.1) is 6.92 Å². The fourth-order valence-corrected chi connectivity index (χ4v) is 4.02. The fraction of sp³-hybridized carbons (Fsp3) is 0.385. The summed E-state index contributed by atoms with van der Waals surface area (Å²) >= 11 is 0. The zero-order valence-electron chi connectivity index (χ0n) is 19.6. The van der Waals surface area contributed by atoms with E-state index in [1.54, 1.807) is 37.4 Å². The Hall–Kier alpha value is -3.32. The molecule has 33 heavy (non-hydrogen) atoms. The fourth-order valence-electron chi connectivity index (χ4n) is 4.02. The minimum Gasteiger partial charge on any atom is -0.507 e. The summed E-state index contributed by atoms with van der Waals surface area (Å²) in [6, 6.07) is 11.8. The molecule has 1 amide bonds. The second-order valence-electron chi connectivity index (χ2n) is 7.75. The number of aliphatic hydroxyl groups is 1. The summed E-state index contributed by atoms with van der Waals surface area (Å²) < 4.78 is 16.2. The third-order valence-corrected chi connectivity index (χ3v) is 5.54. The van der Waals surface area contributed by atoms with E-state index in [9.17, 15) is 14.7 Å². The van der Waals surface area contributed by atoms with E-state index < -0.39 is 17.7 Å². The van der Waals surface area contributed by atoms with Gasteiger partial charge in [0.05, 0.1) is 24.8 Å². The first-order chi connectivity index (χ1) is 15.9. The molecule has 0 aromatic heterocycles. The van der Waals surface area contributed by atoms with Gasteiger partial charge in [0.25, 0.3) is 11.7 Å². The summed E-state index contributed by atoms with van der Waals surface area (Å²) in [5.41, 5.74) is 2.08. The molecular weight excluding hydrogens is 422 g/mol. The minimum atomic E-state index is -0.704. The van der Waals surface area contributed by atoms with Crippen LogP contribution in [0.15, 0.2) is 48.0 Å². The minimum absolute atomic E-state index is 0.0742. The third-order valence-electron chi connectivity index (χ3n) is 5.54. The smallest absolute Gasteiger partial charge is 0.295 e. The van der Waals surface area contributed by atoms with Crippen LogP contribution in [0.25, 0.3) is 5.76 Å². The van der Waals surface area contributed by atoms with Crippen LogP contribution in [0.4, 0.5) is 0 Å². The van der Waals surface area contributed by atoms with Gasteiger partial charge in [-0.05, 0) is 68.7 Å². The van der Waals surface area contributed by atoms with Gasteiger partial charge in [0, 0.05) is 25.8 Å². The van der Waals surface area contributed by atoms with E-state index in [-0.39, 0.29) is 11.3 Å². The highest BCUT2D eigenvalue weighted by Gasteiger charge is 2.45. The molecule has 176 valence electrons. The molecule has 1 unspecified atom stereocenters. The van der Waals surface area contributed by atoms with E-state index in [1.807, 2.05) is 32.9 Å². The van der Waals surface area contributed by atoms with Crippen LogP contribution in [0.5, 0.6) is 11.5 Å². The van der Waals surface area contributed by atoms with Gasteiger partial charge in [-0.15, -0.1) is 0 Å². The lowest BCUT2D eigenvalue weighted by Gasteiger charge is -2.25. The maximum absolute atomic E-state index is 13.1. The molecule has 1 N–H and O–H groups in total. The number of ketones is 1. The van der Waals surface area contributed by atoms with E-state index in [0.29, 0.717) is 49.8 Å². The lowest BCUT2D eigenvalue weighted by atomic mass is 9.94. The van der Waals surface area contributed by atoms with Gasteiger partial charge >= 0.3 is 0 Å². The van der Waals surface area contributed by atoms with Gasteiger partial charge in [0.15, 0.2) is 0 Å². The Bertz CT molecular complexity index is 1030. The number of carbonyl (C=O) groups excluding carboxylic acids is 2. The molecule has 1 aliphatic heterocycles. The number of benzene rings is 2. The molecular formula is C26H31NO6. The molecule has 1 atom stereocenters. The normalized spacial score (nSPS) is 17.5. The highest BCUT2D eigenvalue weighted by Crippen LogP contribution is 2.40. The Morgan fingerprint density at radius 2 is 1.73 bits per heavy atom. The predicted octanol–water partition coefficient (Wildman–Crippen LogP) is 4.25. The van der Waals surface area contributed by atoms with E-state index in [4.69, 9.17) is 14.2 Å². The van der Waals surface area contributed by atoms with Crippen LogP contribution >= 0.6 is 0 Å². The zero-order valence-corrected chi connectivity index (χ0v) is 19.6. The van der Waals surface area contributed by atoms with E-state index in [0.717, 1.165) is 11.1 Å². The molecule has 1 heterocycles. The molecule has 1 aliphatic rings. The van der Waals surface area contributed by atoms with Crippen molar-refractivity contribution in [2.75, 3.05) is 33.5 Å². The second kappa shape index (κ2) is 11.0. The summed E-state index contributed by atoms with van der Waals surface area (Å²) in [7, 11) is 1.59. The van der Waals surface area contributed by atoms with Gasteiger partial charge in [-0.3, -0.25) is 9.59 Å². The number of likely N-dealkylation sites (tertiary alicyclic amines) is 1. The van der Waals surface area contributed by atoms with Crippen LogP contribution in [0.2, 0.25) is 0 Å². The largest absolute Gasteiger partial charge is 0.507 e. The topological polar surface area (TPSA) is 85.3 Å². The second-order valence-corrected chi connectivity index (χ2v) is 7.75. The Balaban J connectivity index is 2.08. The number of hydrogen-bond acceptors (Lipinski definition) is 6. The number of amides is 1. The average molecular weight is 454 g/mol. The third kappa shape index (κ3) is 5.20. The monoisotopic (exact) mass is 453 g/mol. The van der Waals surface area contributed by atoms with Crippen molar-refractivity contribution >= 4 is 17.4 Å². The van der Waals surface area contributed by atoms with Gasteiger partial charge < -0.3 is 24.2 Å². The van der Waals surface area contributed by atoms with Crippen LogP contribution < -0.4 is 9.47 Å². The molecule has 0 saturated carbocycles. The molecule has 0 radical (unpaired) electrons. The number of nitrogens with zero attached hydrogens (tertiary/aromatic N) is 1. The average Bonchev–Trinajstić information content (AvgIpc) is 3.06. The number of methoxy groups -OCH3 is 1. The Labute approximate surface area is 194 Å². The summed E-state index contributed by atoms with van der Waals surface area (Å²) in [5, 5.41) is 11.2. The SMILES string of the molecule is CCOc1ccc(C2/C(=C(/O)c3ccc(OCC)c(C)c3)C(=O)C(=O)N2CCCOC)cc1. The van der Waals surface area contributed by atoms with Gasteiger partial charge in [0.2, 0.25) is 0 Å². The number of aryl methyl sites for hydroxylation is 1. The summed E-state index contributed by atoms with van der Waals surface area (Å²) in [4.78, 5) is 27.5. The van der Waals surface area contributed by atoms with Crippen molar-refractivity contribution in [3.63, 3.8) is 0 Å². The molecule has 1 saturated heterocycles. The summed E-state index contributed by atoms with van der Waals surface area (Å²) in [6.45, 7) is 7.51. The maximum atomic E-state index is 13.1. The molecule has 7 nitrogen and oxygen atoms in total.